The lowest BCUT2D eigenvalue weighted by Crippen LogP contribution is -2.30. The molecule has 2 aromatic rings. The van der Waals surface area contributed by atoms with E-state index < -0.39 is 34.1 Å². The van der Waals surface area contributed by atoms with E-state index in [1.807, 2.05) is 6.92 Å². The number of nitro groups is 1. The maximum Gasteiger partial charge on any atom is 0.311 e. The number of methoxy groups -OCH3 is 1. The smallest absolute Gasteiger partial charge is 0.311 e. The monoisotopic (exact) mass is 426 g/mol. The summed E-state index contributed by atoms with van der Waals surface area (Å²) in [6.07, 6.45) is 0.533. The number of nitro benzene ring substituents is 1. The van der Waals surface area contributed by atoms with Crippen molar-refractivity contribution in [3.8, 4) is 11.5 Å². The van der Waals surface area contributed by atoms with Gasteiger partial charge in [-0.15, -0.1) is 0 Å². The van der Waals surface area contributed by atoms with Gasteiger partial charge in [0.25, 0.3) is 11.7 Å². The van der Waals surface area contributed by atoms with E-state index in [0.717, 1.165) is 12.1 Å². The molecule has 2 N–H and O–H groups in total. The molecule has 1 aliphatic rings. The summed E-state index contributed by atoms with van der Waals surface area (Å²) in [5, 5.41) is 32.1. The fourth-order valence-electron chi connectivity index (χ4n) is 3.74. The summed E-state index contributed by atoms with van der Waals surface area (Å²) in [4.78, 5) is 37.4. The molecule has 0 saturated carbocycles. The minimum absolute atomic E-state index is 0.164. The number of hydrogen-bond acceptors (Lipinski definition) is 7. The molecule has 1 unspecified atom stereocenters. The number of Topliss-reactive ketones (excluding diaryl/α,β-unsaturated/α-hetero) is 1. The number of likely N-dealkylation sites (tertiary alicyclic amines) is 1. The molecule has 1 saturated heterocycles. The van der Waals surface area contributed by atoms with Gasteiger partial charge in [0.05, 0.1) is 23.6 Å². The van der Waals surface area contributed by atoms with Gasteiger partial charge in [0.1, 0.15) is 11.5 Å². The number of aliphatic hydroxyl groups is 1. The Bertz CT molecular complexity index is 1110. The van der Waals surface area contributed by atoms with E-state index in [9.17, 15) is 29.9 Å². The second-order valence-electron chi connectivity index (χ2n) is 7.18. The Morgan fingerprint density at radius 2 is 1.94 bits per heavy atom. The number of phenols is 1. The van der Waals surface area contributed by atoms with Gasteiger partial charge in [-0.25, -0.2) is 0 Å². The van der Waals surface area contributed by atoms with Gasteiger partial charge in [-0.2, -0.15) is 0 Å². The van der Waals surface area contributed by atoms with Gasteiger partial charge < -0.3 is 19.8 Å². The average Bonchev–Trinajstić information content (AvgIpc) is 2.98. The van der Waals surface area contributed by atoms with Crippen molar-refractivity contribution in [3.63, 3.8) is 0 Å². The van der Waals surface area contributed by atoms with Crippen molar-refractivity contribution in [3.05, 3.63) is 68.8 Å². The number of phenolic OH excluding ortho intramolecular Hbond substituents is 1. The Morgan fingerprint density at radius 1 is 1.23 bits per heavy atom. The van der Waals surface area contributed by atoms with Crippen LogP contribution in [0.5, 0.6) is 11.5 Å². The van der Waals surface area contributed by atoms with Crippen molar-refractivity contribution < 1.29 is 29.5 Å². The Kier molecular flexibility index (Phi) is 5.96. The van der Waals surface area contributed by atoms with Gasteiger partial charge in [0.15, 0.2) is 5.75 Å². The Balaban J connectivity index is 2.23. The maximum absolute atomic E-state index is 12.9. The fourth-order valence-corrected chi connectivity index (χ4v) is 3.74. The number of aromatic hydroxyl groups is 1. The topological polar surface area (TPSA) is 130 Å². The van der Waals surface area contributed by atoms with E-state index in [0.29, 0.717) is 23.3 Å². The first-order chi connectivity index (χ1) is 14.7. The lowest BCUT2D eigenvalue weighted by atomic mass is 9.94. The molecule has 3 rings (SSSR count). The van der Waals surface area contributed by atoms with Crippen LogP contribution in [-0.2, 0) is 9.59 Å². The molecule has 162 valence electrons. The lowest BCUT2D eigenvalue weighted by molar-refractivity contribution is -0.385. The normalized spacial score (nSPS) is 17.8. The van der Waals surface area contributed by atoms with Crippen LogP contribution in [0.15, 0.2) is 42.0 Å². The molecule has 2 aromatic carbocycles. The largest absolute Gasteiger partial charge is 0.507 e. The van der Waals surface area contributed by atoms with E-state index in [-0.39, 0.29) is 23.4 Å². The number of amides is 1. The summed E-state index contributed by atoms with van der Waals surface area (Å²) in [5.41, 5.74) is 0.545. The van der Waals surface area contributed by atoms with Crippen LogP contribution in [0.3, 0.4) is 0 Å². The van der Waals surface area contributed by atoms with E-state index in [2.05, 4.69) is 0 Å². The SMILES string of the molecule is CCCN1C(=O)C(=O)/C(=C(\O)c2ccc(OC)c(C)c2)C1c1ccc(O)c([N+](=O)[O-])c1. The quantitative estimate of drug-likeness (QED) is 0.238. The molecule has 1 atom stereocenters. The first-order valence-corrected chi connectivity index (χ1v) is 9.62. The highest BCUT2D eigenvalue weighted by atomic mass is 16.6. The summed E-state index contributed by atoms with van der Waals surface area (Å²) in [6, 6.07) is 7.43. The summed E-state index contributed by atoms with van der Waals surface area (Å²) in [6.45, 7) is 3.80. The van der Waals surface area contributed by atoms with E-state index in [1.165, 1.54) is 18.1 Å². The Morgan fingerprint density at radius 3 is 2.52 bits per heavy atom. The molecule has 1 aliphatic heterocycles. The van der Waals surface area contributed by atoms with Gasteiger partial charge in [0.2, 0.25) is 0 Å². The van der Waals surface area contributed by atoms with Crippen LogP contribution < -0.4 is 4.74 Å². The van der Waals surface area contributed by atoms with Gasteiger partial charge in [-0.1, -0.05) is 13.0 Å². The number of carbonyl (C=O) groups excluding carboxylic acids is 2. The van der Waals surface area contributed by atoms with Crippen molar-refractivity contribution in [2.45, 2.75) is 26.3 Å². The highest BCUT2D eigenvalue weighted by Gasteiger charge is 2.46. The van der Waals surface area contributed by atoms with Crippen LogP contribution in [-0.4, -0.2) is 45.4 Å². The maximum atomic E-state index is 12.9. The second-order valence-corrected chi connectivity index (χ2v) is 7.18. The second kappa shape index (κ2) is 8.47. The summed E-state index contributed by atoms with van der Waals surface area (Å²) in [7, 11) is 1.51. The van der Waals surface area contributed by atoms with Crippen LogP contribution >= 0.6 is 0 Å². The zero-order valence-corrected chi connectivity index (χ0v) is 17.3. The van der Waals surface area contributed by atoms with Crippen LogP contribution in [0.25, 0.3) is 5.76 Å². The lowest BCUT2D eigenvalue weighted by Gasteiger charge is -2.24. The van der Waals surface area contributed by atoms with Crippen LogP contribution in [0.2, 0.25) is 0 Å². The third-order valence-corrected chi connectivity index (χ3v) is 5.18. The standard InChI is InChI=1S/C22H22N2O7/c1-4-9-23-19(13-5-7-16(25)15(11-13)24(29)30)18(21(27)22(23)28)20(26)14-6-8-17(31-3)12(2)10-14/h5-8,10-11,19,25-26H,4,9H2,1-3H3/b20-18-. The molecule has 1 amide bonds. The number of ether oxygens (including phenoxy) is 1. The number of carbonyl (C=O) groups is 2. The molecule has 0 spiro atoms. The molecule has 0 radical (unpaired) electrons. The van der Waals surface area contributed by atoms with Gasteiger partial charge in [-0.05, 0) is 48.7 Å². The zero-order valence-electron chi connectivity index (χ0n) is 17.3. The van der Waals surface area contributed by atoms with Gasteiger partial charge in [0, 0.05) is 18.2 Å². The number of ketones is 1. The average molecular weight is 426 g/mol. The molecule has 1 fully saturated rings. The number of nitrogens with zero attached hydrogens (tertiary/aromatic N) is 2. The van der Waals surface area contributed by atoms with Gasteiger partial charge in [-0.3, -0.25) is 19.7 Å². The molecular formula is C22H22N2O7. The third-order valence-electron chi connectivity index (χ3n) is 5.18. The van der Waals surface area contributed by atoms with Crippen molar-refractivity contribution in [2.75, 3.05) is 13.7 Å². The first kappa shape index (κ1) is 21.8. The number of aryl methyl sites for hydroxylation is 1. The summed E-state index contributed by atoms with van der Waals surface area (Å²) >= 11 is 0. The number of aliphatic hydroxyl groups excluding tert-OH is 1. The highest BCUT2D eigenvalue weighted by Crippen LogP contribution is 2.42. The van der Waals surface area contributed by atoms with Crippen LogP contribution in [0, 0.1) is 17.0 Å². The van der Waals surface area contributed by atoms with Gasteiger partial charge >= 0.3 is 5.69 Å². The van der Waals surface area contributed by atoms with Crippen molar-refractivity contribution in [1.82, 2.24) is 4.90 Å². The molecule has 1 heterocycles. The molecule has 31 heavy (non-hydrogen) atoms. The minimum atomic E-state index is -1.03. The Hall–Kier alpha value is -3.88. The molecule has 0 bridgehead atoms. The molecule has 9 heteroatoms. The van der Waals surface area contributed by atoms with Crippen molar-refractivity contribution in [1.29, 1.82) is 0 Å². The number of rotatable bonds is 6. The van der Waals surface area contributed by atoms with Crippen molar-refractivity contribution >= 4 is 23.1 Å². The van der Waals surface area contributed by atoms with E-state index in [1.54, 1.807) is 25.1 Å². The summed E-state index contributed by atoms with van der Waals surface area (Å²) in [5.74, 6) is -2.00. The van der Waals surface area contributed by atoms with Crippen LogP contribution in [0.4, 0.5) is 5.69 Å². The minimum Gasteiger partial charge on any atom is -0.507 e. The van der Waals surface area contributed by atoms with Crippen molar-refractivity contribution in [2.24, 2.45) is 0 Å². The van der Waals surface area contributed by atoms with E-state index >= 15 is 0 Å². The Labute approximate surface area is 178 Å². The fraction of sp³-hybridized carbons (Fsp3) is 0.273. The predicted octanol–water partition coefficient (Wildman–Crippen LogP) is 3.45. The van der Waals surface area contributed by atoms with Crippen LogP contribution in [0.1, 0.15) is 36.1 Å². The molecule has 0 aliphatic carbocycles. The molecule has 9 nitrogen and oxygen atoms in total. The summed E-state index contributed by atoms with van der Waals surface area (Å²) < 4.78 is 5.22. The first-order valence-electron chi connectivity index (χ1n) is 9.62. The predicted molar refractivity (Wildman–Crippen MR) is 112 cm³/mol. The molecule has 0 aromatic heterocycles. The third kappa shape index (κ3) is 3.81. The zero-order chi connectivity index (χ0) is 22.9. The highest BCUT2D eigenvalue weighted by molar-refractivity contribution is 6.46. The number of benzene rings is 2. The van der Waals surface area contributed by atoms with E-state index in [4.69, 9.17) is 4.74 Å². The molecular weight excluding hydrogens is 404 g/mol. The number of hydrogen-bond donors (Lipinski definition) is 2.